The van der Waals surface area contributed by atoms with Gasteiger partial charge >= 0.3 is 11.9 Å². The van der Waals surface area contributed by atoms with E-state index in [1.54, 1.807) is 38.1 Å². The number of nitrogens with zero attached hydrogens (tertiary/aromatic N) is 2. The maximum Gasteiger partial charge on any atom is 0.336 e. The van der Waals surface area contributed by atoms with Gasteiger partial charge in [0.2, 0.25) is 5.88 Å². The number of nitro benzene ring substituents is 1. The zero-order chi connectivity index (χ0) is 35.3. The third-order valence-electron chi connectivity index (χ3n) is 7.74. The van der Waals surface area contributed by atoms with Crippen molar-refractivity contribution in [3.63, 3.8) is 0 Å². The maximum absolute atomic E-state index is 13.6. The second-order valence-electron chi connectivity index (χ2n) is 12.1. The number of nitrogens with one attached hydrogen (secondary N) is 2. The van der Waals surface area contributed by atoms with Crippen LogP contribution in [0.25, 0.3) is 11.3 Å². The Balaban J connectivity index is 1.32. The molecule has 0 radical (unpaired) electrons. The SMILES string of the molecule is CC1=C(C(=O)OCCCCCCOc2cc(-c3cccc(F)c3)[nH]n2)C(c2cccc([N+](=O)[O-])c2)C(C(=O)OCCOCC(C)C)=C(C)N1. The summed E-state index contributed by atoms with van der Waals surface area (Å²) in [5.41, 5.74) is 2.85. The number of benzene rings is 2. The molecule has 4 rings (SSSR count). The van der Waals surface area contributed by atoms with Gasteiger partial charge in [-0.15, -0.1) is 5.10 Å². The first kappa shape index (κ1) is 36.8. The number of H-pyrrole nitrogens is 1. The first-order valence-electron chi connectivity index (χ1n) is 16.3. The van der Waals surface area contributed by atoms with Gasteiger partial charge in [0.1, 0.15) is 12.4 Å². The molecule has 49 heavy (non-hydrogen) atoms. The van der Waals surface area contributed by atoms with E-state index in [-0.39, 0.29) is 42.5 Å². The molecule has 0 aliphatic carbocycles. The number of hydrogen-bond acceptors (Lipinski definition) is 10. The summed E-state index contributed by atoms with van der Waals surface area (Å²) in [5.74, 6) is -1.82. The fourth-order valence-electron chi connectivity index (χ4n) is 5.43. The first-order chi connectivity index (χ1) is 23.5. The van der Waals surface area contributed by atoms with Crippen LogP contribution in [0.4, 0.5) is 10.1 Å². The average molecular weight is 679 g/mol. The topological polar surface area (TPSA) is 155 Å². The van der Waals surface area contributed by atoms with E-state index in [1.165, 1.54) is 30.3 Å². The minimum Gasteiger partial charge on any atom is -0.477 e. The molecule has 0 saturated heterocycles. The zero-order valence-corrected chi connectivity index (χ0v) is 28.3. The Labute approximate surface area is 284 Å². The molecule has 1 unspecified atom stereocenters. The smallest absolute Gasteiger partial charge is 0.336 e. The van der Waals surface area contributed by atoms with E-state index < -0.39 is 22.8 Å². The average Bonchev–Trinajstić information content (AvgIpc) is 3.54. The van der Waals surface area contributed by atoms with Gasteiger partial charge < -0.3 is 24.3 Å². The number of esters is 2. The number of hydrogen-bond donors (Lipinski definition) is 2. The van der Waals surface area contributed by atoms with Crippen LogP contribution in [-0.2, 0) is 23.8 Å². The summed E-state index contributed by atoms with van der Waals surface area (Å²) >= 11 is 0. The molecule has 12 nitrogen and oxygen atoms in total. The van der Waals surface area contributed by atoms with E-state index in [9.17, 15) is 24.1 Å². The molecule has 0 bridgehead atoms. The Morgan fingerprint density at radius 2 is 1.57 bits per heavy atom. The van der Waals surface area contributed by atoms with Crippen molar-refractivity contribution >= 4 is 17.6 Å². The van der Waals surface area contributed by atoms with Gasteiger partial charge in [-0.25, -0.2) is 14.0 Å². The number of dihydropyridines is 1. The van der Waals surface area contributed by atoms with Crippen molar-refractivity contribution < 1.29 is 37.9 Å². The van der Waals surface area contributed by atoms with E-state index >= 15 is 0 Å². The van der Waals surface area contributed by atoms with E-state index in [4.69, 9.17) is 18.9 Å². The van der Waals surface area contributed by atoms with Gasteiger partial charge in [-0.05, 0) is 63.1 Å². The molecule has 2 N–H and O–H groups in total. The molecular weight excluding hydrogens is 635 g/mol. The fourth-order valence-corrected chi connectivity index (χ4v) is 5.43. The quantitative estimate of drug-likeness (QED) is 0.0638. The number of ether oxygens (including phenoxy) is 4. The van der Waals surface area contributed by atoms with E-state index in [0.717, 1.165) is 19.3 Å². The van der Waals surface area contributed by atoms with Crippen molar-refractivity contribution in [3.8, 4) is 17.1 Å². The highest BCUT2D eigenvalue weighted by atomic mass is 19.1. The van der Waals surface area contributed by atoms with Gasteiger partial charge in [-0.3, -0.25) is 15.2 Å². The predicted octanol–water partition coefficient (Wildman–Crippen LogP) is 6.76. The highest BCUT2D eigenvalue weighted by Crippen LogP contribution is 2.40. The molecule has 1 aliphatic heterocycles. The molecule has 0 amide bonds. The molecule has 13 heteroatoms. The Hall–Kier alpha value is -5.04. The van der Waals surface area contributed by atoms with Crippen LogP contribution in [0, 0.1) is 21.8 Å². The monoisotopic (exact) mass is 678 g/mol. The number of non-ortho nitro benzene ring substituents is 1. The lowest BCUT2D eigenvalue weighted by molar-refractivity contribution is -0.384. The van der Waals surface area contributed by atoms with Crippen molar-refractivity contribution in [1.29, 1.82) is 0 Å². The van der Waals surface area contributed by atoms with Gasteiger partial charge in [-0.2, -0.15) is 0 Å². The molecule has 262 valence electrons. The number of carbonyl (C=O) groups excluding carboxylic acids is 2. The summed E-state index contributed by atoms with van der Waals surface area (Å²) in [6, 6.07) is 13.8. The van der Waals surface area contributed by atoms with Crippen molar-refractivity contribution in [2.75, 3.05) is 33.0 Å². The van der Waals surface area contributed by atoms with Crippen molar-refractivity contribution in [2.45, 2.75) is 59.3 Å². The number of carbonyl (C=O) groups is 2. The third-order valence-corrected chi connectivity index (χ3v) is 7.74. The van der Waals surface area contributed by atoms with Gasteiger partial charge in [0.05, 0.1) is 47.5 Å². The van der Waals surface area contributed by atoms with Gasteiger partial charge in [0.25, 0.3) is 5.69 Å². The first-order valence-corrected chi connectivity index (χ1v) is 16.3. The van der Waals surface area contributed by atoms with E-state index in [0.29, 0.717) is 59.6 Å². The molecule has 2 heterocycles. The van der Waals surface area contributed by atoms with Crippen LogP contribution in [0.1, 0.15) is 64.9 Å². The lowest BCUT2D eigenvalue weighted by Gasteiger charge is -2.30. The summed E-state index contributed by atoms with van der Waals surface area (Å²) in [6.07, 6.45) is 2.93. The number of nitro groups is 1. The molecular formula is C36H43FN4O8. The van der Waals surface area contributed by atoms with Gasteiger partial charge in [0, 0.05) is 41.8 Å². The number of aromatic amines is 1. The van der Waals surface area contributed by atoms with Gasteiger partial charge in [0.15, 0.2) is 0 Å². The van der Waals surface area contributed by atoms with Crippen LogP contribution in [0.5, 0.6) is 5.88 Å². The van der Waals surface area contributed by atoms with Crippen LogP contribution >= 0.6 is 0 Å². The Bertz CT molecular complexity index is 1680. The van der Waals surface area contributed by atoms with Crippen LogP contribution < -0.4 is 10.1 Å². The van der Waals surface area contributed by atoms with Crippen molar-refractivity contribution in [3.05, 3.63) is 98.6 Å². The Morgan fingerprint density at radius 1 is 0.898 bits per heavy atom. The molecule has 3 aromatic rings. The molecule has 1 atom stereocenters. The highest BCUT2D eigenvalue weighted by Gasteiger charge is 2.38. The lowest BCUT2D eigenvalue weighted by atomic mass is 9.80. The summed E-state index contributed by atoms with van der Waals surface area (Å²) in [4.78, 5) is 38.1. The Kier molecular flexibility index (Phi) is 13.5. The standard InChI is InChI=1S/C36H43FN4O8/c1-23(2)22-46-17-18-49-36(43)33-25(4)38-24(3)32(34(33)27-12-10-14-29(20-27)41(44)45)35(42)48-16-8-6-5-7-15-47-31-21-30(39-40-31)26-11-9-13-28(37)19-26/h9-14,19-21,23,34,38H,5-8,15-18,22H2,1-4H3,(H,39,40). The molecule has 0 saturated carbocycles. The molecule has 1 aromatic heterocycles. The minimum atomic E-state index is -0.946. The van der Waals surface area contributed by atoms with Crippen LogP contribution in [0.2, 0.25) is 0 Å². The second-order valence-corrected chi connectivity index (χ2v) is 12.1. The lowest BCUT2D eigenvalue weighted by Crippen LogP contribution is -2.33. The van der Waals surface area contributed by atoms with E-state index in [2.05, 4.69) is 15.5 Å². The summed E-state index contributed by atoms with van der Waals surface area (Å²) in [6.45, 7) is 8.74. The number of unbranched alkanes of at least 4 members (excludes halogenated alkanes) is 3. The van der Waals surface area contributed by atoms with Crippen LogP contribution in [0.15, 0.2) is 77.1 Å². The van der Waals surface area contributed by atoms with E-state index in [1.807, 2.05) is 13.8 Å². The molecule has 2 aromatic carbocycles. The predicted molar refractivity (Wildman–Crippen MR) is 180 cm³/mol. The number of halogens is 1. The van der Waals surface area contributed by atoms with Crippen molar-refractivity contribution in [1.82, 2.24) is 15.5 Å². The van der Waals surface area contributed by atoms with Crippen molar-refractivity contribution in [2.24, 2.45) is 5.92 Å². The molecule has 1 aliphatic rings. The third kappa shape index (κ3) is 10.5. The summed E-state index contributed by atoms with van der Waals surface area (Å²) in [7, 11) is 0. The summed E-state index contributed by atoms with van der Waals surface area (Å²) in [5, 5.41) is 21.7. The number of allylic oxidation sites excluding steroid dienone is 2. The highest BCUT2D eigenvalue weighted by molar-refractivity contribution is 6.00. The van der Waals surface area contributed by atoms with Crippen LogP contribution in [0.3, 0.4) is 0 Å². The number of aromatic nitrogens is 2. The maximum atomic E-state index is 13.6. The Morgan fingerprint density at radius 3 is 2.24 bits per heavy atom. The second kappa shape index (κ2) is 17.9. The fraction of sp³-hybridized carbons (Fsp3) is 0.417. The number of rotatable bonds is 18. The largest absolute Gasteiger partial charge is 0.477 e. The molecule has 0 fully saturated rings. The molecule has 0 spiro atoms. The van der Waals surface area contributed by atoms with Gasteiger partial charge in [-0.1, -0.05) is 38.1 Å². The normalized spacial score (nSPS) is 14.5. The summed E-state index contributed by atoms with van der Waals surface area (Å²) < 4.78 is 35.9. The zero-order valence-electron chi connectivity index (χ0n) is 28.3. The minimum absolute atomic E-state index is 0.00908. The van der Waals surface area contributed by atoms with Crippen LogP contribution in [-0.4, -0.2) is 60.1 Å².